The standard InChI is InChI=1S/C52H44N2O7/c1-55-43-17-5-37(6-18-43)53(38-7-19-44(56-2)20-8-38)41-13-25-47(26-14-41)59-49-29-33-51(34-30-49)61-52-35-31-50(32-36-52)60-48-27-15-42(16-28-48)54(39-9-21-45(57-3)22-10-39)40-11-23-46(58-4)24-12-40/h5-36H,1-4H3. The third-order valence-electron chi connectivity index (χ3n) is 9.87. The van der Waals surface area contributed by atoms with Crippen LogP contribution < -0.4 is 43.0 Å². The molecule has 0 atom stereocenters. The number of ether oxygens (including phenoxy) is 7. The van der Waals surface area contributed by atoms with Crippen LogP contribution in [0.2, 0.25) is 0 Å². The van der Waals surface area contributed by atoms with Gasteiger partial charge in [-0.2, -0.15) is 0 Å². The van der Waals surface area contributed by atoms with Gasteiger partial charge < -0.3 is 43.0 Å². The highest BCUT2D eigenvalue weighted by atomic mass is 16.5. The molecule has 8 aromatic carbocycles. The summed E-state index contributed by atoms with van der Waals surface area (Å²) in [6.45, 7) is 0. The van der Waals surface area contributed by atoms with Gasteiger partial charge in [-0.1, -0.05) is 0 Å². The van der Waals surface area contributed by atoms with E-state index in [-0.39, 0.29) is 0 Å². The quantitative estimate of drug-likeness (QED) is 0.0949. The molecule has 61 heavy (non-hydrogen) atoms. The van der Waals surface area contributed by atoms with Gasteiger partial charge >= 0.3 is 0 Å². The number of hydrogen-bond donors (Lipinski definition) is 0. The zero-order chi connectivity index (χ0) is 42.0. The van der Waals surface area contributed by atoms with Crippen LogP contribution in [-0.4, -0.2) is 28.4 Å². The van der Waals surface area contributed by atoms with Crippen LogP contribution in [0.5, 0.6) is 57.5 Å². The van der Waals surface area contributed by atoms with Crippen molar-refractivity contribution in [2.75, 3.05) is 38.2 Å². The van der Waals surface area contributed by atoms with E-state index in [4.69, 9.17) is 33.2 Å². The summed E-state index contributed by atoms with van der Waals surface area (Å²) in [6, 6.07) is 62.9. The van der Waals surface area contributed by atoms with E-state index in [1.54, 1.807) is 28.4 Å². The number of hydrogen-bond acceptors (Lipinski definition) is 9. The predicted octanol–water partition coefficient (Wildman–Crippen LogP) is 14.0. The zero-order valence-electron chi connectivity index (χ0n) is 34.2. The van der Waals surface area contributed by atoms with Crippen LogP contribution in [0.15, 0.2) is 194 Å². The number of anilines is 6. The minimum atomic E-state index is 0.680. The summed E-state index contributed by atoms with van der Waals surface area (Å²) in [5, 5.41) is 0. The number of benzene rings is 8. The highest BCUT2D eigenvalue weighted by Crippen LogP contribution is 2.39. The molecule has 304 valence electrons. The SMILES string of the molecule is COc1ccc(N(c2ccc(OC)cc2)c2ccc(Oc3ccc(Oc4ccc(Oc5ccc(N(c6ccc(OC)cc6)c6ccc(OC)cc6)cc5)cc4)cc3)cc2)cc1. The Hall–Kier alpha value is -8.04. The molecule has 9 heteroatoms. The van der Waals surface area contributed by atoms with Crippen molar-refractivity contribution in [3.8, 4) is 57.5 Å². The molecule has 0 amide bonds. The first-order valence-electron chi connectivity index (χ1n) is 19.6. The first kappa shape index (κ1) is 39.8. The van der Waals surface area contributed by atoms with E-state index in [0.717, 1.165) is 57.1 Å². The Morgan fingerprint density at radius 3 is 0.475 bits per heavy atom. The number of methoxy groups -OCH3 is 4. The van der Waals surface area contributed by atoms with Gasteiger partial charge in [0.15, 0.2) is 0 Å². The Morgan fingerprint density at radius 2 is 0.328 bits per heavy atom. The molecule has 8 aromatic rings. The average molecular weight is 809 g/mol. The molecule has 0 saturated heterocycles. The summed E-state index contributed by atoms with van der Waals surface area (Å²) < 4.78 is 40.1. The van der Waals surface area contributed by atoms with Crippen molar-refractivity contribution < 1.29 is 33.2 Å². The molecule has 0 bridgehead atoms. The normalized spacial score (nSPS) is 10.6. The predicted molar refractivity (Wildman–Crippen MR) is 242 cm³/mol. The third-order valence-corrected chi connectivity index (χ3v) is 9.87. The van der Waals surface area contributed by atoms with Crippen molar-refractivity contribution in [2.45, 2.75) is 0 Å². The van der Waals surface area contributed by atoms with Crippen molar-refractivity contribution in [2.24, 2.45) is 0 Å². The Bertz CT molecular complexity index is 2320. The fourth-order valence-corrected chi connectivity index (χ4v) is 6.71. The van der Waals surface area contributed by atoms with Crippen LogP contribution >= 0.6 is 0 Å². The molecule has 0 N–H and O–H groups in total. The van der Waals surface area contributed by atoms with E-state index >= 15 is 0 Å². The van der Waals surface area contributed by atoms with Crippen molar-refractivity contribution in [1.82, 2.24) is 0 Å². The molecule has 0 radical (unpaired) electrons. The van der Waals surface area contributed by atoms with Gasteiger partial charge in [0.25, 0.3) is 0 Å². The van der Waals surface area contributed by atoms with Gasteiger partial charge in [-0.15, -0.1) is 0 Å². The molecule has 8 rings (SSSR count). The molecule has 0 heterocycles. The third kappa shape index (κ3) is 9.64. The van der Waals surface area contributed by atoms with Crippen LogP contribution in [0.25, 0.3) is 0 Å². The van der Waals surface area contributed by atoms with Crippen LogP contribution in [0.3, 0.4) is 0 Å². The lowest BCUT2D eigenvalue weighted by atomic mass is 10.2. The van der Waals surface area contributed by atoms with Gasteiger partial charge in [-0.25, -0.2) is 0 Å². The van der Waals surface area contributed by atoms with Gasteiger partial charge in [0.05, 0.1) is 28.4 Å². The van der Waals surface area contributed by atoms with Crippen LogP contribution in [0, 0.1) is 0 Å². The van der Waals surface area contributed by atoms with Crippen molar-refractivity contribution in [3.63, 3.8) is 0 Å². The maximum Gasteiger partial charge on any atom is 0.127 e. The average Bonchev–Trinajstić information content (AvgIpc) is 3.32. The van der Waals surface area contributed by atoms with E-state index in [1.807, 2.05) is 194 Å². The number of nitrogens with zero attached hydrogens (tertiary/aromatic N) is 2. The lowest BCUT2D eigenvalue weighted by Gasteiger charge is -2.26. The number of rotatable bonds is 16. The smallest absolute Gasteiger partial charge is 0.127 e. The fraction of sp³-hybridized carbons (Fsp3) is 0.0769. The maximum atomic E-state index is 6.21. The molecule has 9 nitrogen and oxygen atoms in total. The van der Waals surface area contributed by atoms with Gasteiger partial charge in [-0.05, 0) is 194 Å². The topological polar surface area (TPSA) is 71.1 Å². The maximum absolute atomic E-state index is 6.21. The van der Waals surface area contributed by atoms with Crippen molar-refractivity contribution in [1.29, 1.82) is 0 Å². The monoisotopic (exact) mass is 808 g/mol. The lowest BCUT2D eigenvalue weighted by Crippen LogP contribution is -2.09. The Labute approximate surface area is 356 Å². The molecule has 0 aliphatic heterocycles. The molecule has 0 fully saturated rings. The minimum absolute atomic E-state index is 0.680. The summed E-state index contributed by atoms with van der Waals surface area (Å²) in [6.07, 6.45) is 0. The summed E-state index contributed by atoms with van der Waals surface area (Å²) in [7, 11) is 6.65. The van der Waals surface area contributed by atoms with Crippen molar-refractivity contribution in [3.05, 3.63) is 194 Å². The van der Waals surface area contributed by atoms with Crippen LogP contribution in [-0.2, 0) is 0 Å². The molecule has 0 aliphatic carbocycles. The molecule has 0 aromatic heterocycles. The lowest BCUT2D eigenvalue weighted by molar-refractivity contribution is 0.414. The molecular formula is C52H44N2O7. The fourth-order valence-electron chi connectivity index (χ4n) is 6.71. The largest absolute Gasteiger partial charge is 0.497 e. The molecular weight excluding hydrogens is 765 g/mol. The first-order valence-corrected chi connectivity index (χ1v) is 19.6. The van der Waals surface area contributed by atoms with Gasteiger partial charge in [0.2, 0.25) is 0 Å². The van der Waals surface area contributed by atoms with Gasteiger partial charge in [0, 0.05) is 34.1 Å². The summed E-state index contributed by atoms with van der Waals surface area (Å²) in [5.74, 6) is 7.32. The van der Waals surface area contributed by atoms with E-state index < -0.39 is 0 Å². The zero-order valence-corrected chi connectivity index (χ0v) is 34.2. The second kappa shape index (κ2) is 18.7. The van der Waals surface area contributed by atoms with Gasteiger partial charge in [-0.3, -0.25) is 0 Å². The molecule has 0 aliphatic rings. The van der Waals surface area contributed by atoms with E-state index in [9.17, 15) is 0 Å². The summed E-state index contributed by atoms with van der Waals surface area (Å²) in [5.41, 5.74) is 5.90. The Balaban J connectivity index is 0.890. The first-order chi connectivity index (χ1) is 30.0. The highest BCUT2D eigenvalue weighted by molar-refractivity contribution is 5.78. The van der Waals surface area contributed by atoms with E-state index in [0.29, 0.717) is 34.5 Å². The Kier molecular flexibility index (Phi) is 12.2. The summed E-state index contributed by atoms with van der Waals surface area (Å²) >= 11 is 0. The molecule has 0 saturated carbocycles. The van der Waals surface area contributed by atoms with E-state index in [2.05, 4.69) is 9.80 Å². The summed E-state index contributed by atoms with van der Waals surface area (Å²) in [4.78, 5) is 4.32. The molecule has 0 unspecified atom stereocenters. The van der Waals surface area contributed by atoms with E-state index in [1.165, 1.54) is 0 Å². The van der Waals surface area contributed by atoms with Gasteiger partial charge in [0.1, 0.15) is 57.5 Å². The van der Waals surface area contributed by atoms with Crippen LogP contribution in [0.4, 0.5) is 34.1 Å². The van der Waals surface area contributed by atoms with Crippen LogP contribution in [0.1, 0.15) is 0 Å². The second-order valence-electron chi connectivity index (χ2n) is 13.7. The molecule has 0 spiro atoms. The highest BCUT2D eigenvalue weighted by Gasteiger charge is 2.15. The second-order valence-corrected chi connectivity index (χ2v) is 13.7. The van der Waals surface area contributed by atoms with Crippen molar-refractivity contribution >= 4 is 34.1 Å². The Morgan fingerprint density at radius 1 is 0.197 bits per heavy atom. The minimum Gasteiger partial charge on any atom is -0.497 e.